The van der Waals surface area contributed by atoms with Gasteiger partial charge in [-0.3, -0.25) is 0 Å². The van der Waals surface area contributed by atoms with Crippen LogP contribution in [0.15, 0.2) is 25.3 Å². The molecule has 1 rings (SSSR count). The van der Waals surface area contributed by atoms with Crippen LogP contribution >= 0.6 is 7.26 Å². The van der Waals surface area contributed by atoms with Crippen molar-refractivity contribution >= 4 is 7.26 Å². The topological polar surface area (TPSA) is 0 Å². The van der Waals surface area contributed by atoms with E-state index in [-0.39, 0.29) is 0 Å². The Morgan fingerprint density at radius 1 is 1.00 bits per heavy atom. The van der Waals surface area contributed by atoms with E-state index in [1.54, 1.807) is 0 Å². The first-order valence-corrected chi connectivity index (χ1v) is 6.93. The fourth-order valence-corrected chi connectivity index (χ4v) is 5.98. The zero-order valence-corrected chi connectivity index (χ0v) is 8.15. The average Bonchev–Trinajstić information content (AvgIpc) is 2.39. The average molecular weight is 169 g/mol. The Hall–Kier alpha value is -0.0900. The minimum absolute atomic E-state index is 0.583. The van der Waals surface area contributed by atoms with Gasteiger partial charge in [-0.15, -0.1) is 0 Å². The lowest BCUT2D eigenvalue weighted by Gasteiger charge is -2.18. The van der Waals surface area contributed by atoms with Crippen molar-refractivity contribution in [1.29, 1.82) is 0 Å². The van der Waals surface area contributed by atoms with Gasteiger partial charge < -0.3 is 0 Å². The zero-order chi connectivity index (χ0) is 8.16. The van der Waals surface area contributed by atoms with Crippen LogP contribution in [-0.2, 0) is 0 Å². The van der Waals surface area contributed by atoms with E-state index in [1.807, 2.05) is 0 Å². The molecule has 0 atom stereocenters. The van der Waals surface area contributed by atoms with Crippen LogP contribution in [0.3, 0.4) is 0 Å². The van der Waals surface area contributed by atoms with Crippen LogP contribution in [0.4, 0.5) is 0 Å². The highest BCUT2D eigenvalue weighted by Crippen LogP contribution is 2.63. The summed E-state index contributed by atoms with van der Waals surface area (Å²) in [4.78, 5) is 0. The van der Waals surface area contributed by atoms with Crippen molar-refractivity contribution in [2.24, 2.45) is 0 Å². The molecule has 0 aromatic heterocycles. The van der Waals surface area contributed by atoms with Crippen LogP contribution in [-0.4, -0.2) is 24.6 Å². The second kappa shape index (κ2) is 4.07. The van der Waals surface area contributed by atoms with Crippen LogP contribution in [0.25, 0.3) is 0 Å². The SMILES string of the molecule is C=CC[P+]1(CC=C)CCCC1. The van der Waals surface area contributed by atoms with Crippen molar-refractivity contribution in [3.05, 3.63) is 25.3 Å². The van der Waals surface area contributed by atoms with Crippen molar-refractivity contribution < 1.29 is 0 Å². The summed E-state index contributed by atoms with van der Waals surface area (Å²) in [5.41, 5.74) is 0. The molecular formula is C10H18P+. The fraction of sp³-hybridized carbons (Fsp3) is 0.600. The predicted octanol–water partition coefficient (Wildman–Crippen LogP) is 3.17. The number of hydrogen-bond donors (Lipinski definition) is 0. The summed E-state index contributed by atoms with van der Waals surface area (Å²) >= 11 is 0. The molecule has 0 radical (unpaired) electrons. The lowest BCUT2D eigenvalue weighted by Crippen LogP contribution is -2.01. The molecule has 0 bridgehead atoms. The third kappa shape index (κ3) is 2.17. The van der Waals surface area contributed by atoms with Crippen LogP contribution in [0.1, 0.15) is 12.8 Å². The summed E-state index contributed by atoms with van der Waals surface area (Å²) in [7, 11) is -0.583. The number of hydrogen-bond acceptors (Lipinski definition) is 0. The Kier molecular flexibility index (Phi) is 3.33. The molecule has 0 nitrogen and oxygen atoms in total. The molecule has 0 amide bonds. The van der Waals surface area contributed by atoms with Crippen LogP contribution in [0.5, 0.6) is 0 Å². The molecule has 1 heterocycles. The van der Waals surface area contributed by atoms with E-state index in [2.05, 4.69) is 25.3 Å². The molecule has 1 saturated heterocycles. The van der Waals surface area contributed by atoms with Gasteiger partial charge in [-0.25, -0.2) is 0 Å². The maximum Gasteiger partial charge on any atom is 0.0774 e. The van der Waals surface area contributed by atoms with Crippen molar-refractivity contribution in [2.75, 3.05) is 24.6 Å². The molecule has 0 aromatic rings. The summed E-state index contributed by atoms with van der Waals surface area (Å²) < 4.78 is 0. The molecule has 1 aliphatic rings. The standard InChI is InChI=1S/C10H18P/c1-3-7-11(8-4-2)9-5-6-10-11/h3-4H,1-2,5-10H2/q+1. The van der Waals surface area contributed by atoms with E-state index in [0.717, 1.165) is 0 Å². The van der Waals surface area contributed by atoms with E-state index >= 15 is 0 Å². The summed E-state index contributed by atoms with van der Waals surface area (Å²) in [6, 6.07) is 0. The largest absolute Gasteiger partial charge is 0.0995 e. The van der Waals surface area contributed by atoms with Gasteiger partial charge in [0.25, 0.3) is 0 Å². The molecular weight excluding hydrogens is 151 g/mol. The van der Waals surface area contributed by atoms with Gasteiger partial charge in [0.05, 0.1) is 24.6 Å². The summed E-state index contributed by atoms with van der Waals surface area (Å²) in [5, 5.41) is 0. The Labute approximate surface area is 70.7 Å². The number of rotatable bonds is 4. The third-order valence-electron chi connectivity index (χ3n) is 2.55. The normalized spacial score (nSPS) is 21.5. The van der Waals surface area contributed by atoms with Crippen LogP contribution in [0, 0.1) is 0 Å². The molecule has 11 heavy (non-hydrogen) atoms. The Morgan fingerprint density at radius 2 is 1.45 bits per heavy atom. The van der Waals surface area contributed by atoms with Gasteiger partial charge in [-0.05, 0) is 12.8 Å². The minimum atomic E-state index is -0.583. The highest BCUT2D eigenvalue weighted by atomic mass is 31.2. The smallest absolute Gasteiger partial charge is 0.0774 e. The first kappa shape index (κ1) is 9.00. The first-order chi connectivity index (χ1) is 5.33. The minimum Gasteiger partial charge on any atom is -0.0995 e. The maximum atomic E-state index is 3.84. The molecule has 0 aromatic carbocycles. The second-order valence-corrected chi connectivity index (χ2v) is 7.75. The van der Waals surface area contributed by atoms with Gasteiger partial charge in [0.2, 0.25) is 0 Å². The lowest BCUT2D eigenvalue weighted by molar-refractivity contribution is 0.949. The summed E-state index contributed by atoms with van der Waals surface area (Å²) in [6.07, 6.45) is 12.7. The van der Waals surface area contributed by atoms with Gasteiger partial charge in [0.15, 0.2) is 0 Å². The van der Waals surface area contributed by atoms with Gasteiger partial charge in [-0.2, -0.15) is 0 Å². The maximum absolute atomic E-state index is 3.84. The van der Waals surface area contributed by atoms with Crippen molar-refractivity contribution in [2.45, 2.75) is 12.8 Å². The Morgan fingerprint density at radius 3 is 1.82 bits per heavy atom. The Bertz CT molecular complexity index is 131. The second-order valence-electron chi connectivity index (χ2n) is 3.44. The van der Waals surface area contributed by atoms with Gasteiger partial charge in [-0.1, -0.05) is 25.3 Å². The van der Waals surface area contributed by atoms with Crippen molar-refractivity contribution in [3.8, 4) is 0 Å². The van der Waals surface area contributed by atoms with Gasteiger partial charge >= 0.3 is 0 Å². The first-order valence-electron chi connectivity index (χ1n) is 4.40. The Balaban J connectivity index is 2.53. The van der Waals surface area contributed by atoms with Gasteiger partial charge in [0, 0.05) is 7.26 Å². The molecule has 1 fully saturated rings. The molecule has 0 N–H and O–H groups in total. The molecule has 1 heteroatoms. The highest BCUT2D eigenvalue weighted by Gasteiger charge is 2.37. The van der Waals surface area contributed by atoms with Crippen LogP contribution in [0.2, 0.25) is 0 Å². The van der Waals surface area contributed by atoms with E-state index in [4.69, 9.17) is 0 Å². The quantitative estimate of drug-likeness (QED) is 0.448. The molecule has 0 spiro atoms. The number of allylic oxidation sites excluding steroid dienone is 2. The predicted molar refractivity (Wildman–Crippen MR) is 56.0 cm³/mol. The fourth-order valence-electron chi connectivity index (χ4n) is 1.99. The van der Waals surface area contributed by atoms with Crippen molar-refractivity contribution in [1.82, 2.24) is 0 Å². The highest BCUT2D eigenvalue weighted by molar-refractivity contribution is 7.76. The van der Waals surface area contributed by atoms with Gasteiger partial charge in [0.1, 0.15) is 0 Å². The molecule has 0 unspecified atom stereocenters. The van der Waals surface area contributed by atoms with E-state index < -0.39 is 7.26 Å². The molecule has 62 valence electrons. The third-order valence-corrected chi connectivity index (χ3v) is 7.14. The van der Waals surface area contributed by atoms with E-state index in [0.29, 0.717) is 0 Å². The van der Waals surface area contributed by atoms with Crippen LogP contribution < -0.4 is 0 Å². The molecule has 1 aliphatic heterocycles. The van der Waals surface area contributed by atoms with E-state index in [1.165, 1.54) is 37.5 Å². The monoisotopic (exact) mass is 169 g/mol. The summed E-state index contributed by atoms with van der Waals surface area (Å²) in [5.74, 6) is 0. The summed E-state index contributed by atoms with van der Waals surface area (Å²) in [6.45, 7) is 7.69. The molecule has 0 saturated carbocycles. The lowest BCUT2D eigenvalue weighted by atomic mass is 10.4. The molecule has 0 aliphatic carbocycles. The zero-order valence-electron chi connectivity index (χ0n) is 7.26. The van der Waals surface area contributed by atoms with Crippen molar-refractivity contribution in [3.63, 3.8) is 0 Å². The van der Waals surface area contributed by atoms with E-state index in [9.17, 15) is 0 Å².